The molecule has 1 saturated heterocycles. The molecule has 0 saturated carbocycles. The van der Waals surface area contributed by atoms with Gasteiger partial charge in [0.05, 0.1) is 11.4 Å². The average Bonchev–Trinajstić information content (AvgIpc) is 3.33. The van der Waals surface area contributed by atoms with Crippen LogP contribution in [0.5, 0.6) is 5.75 Å². The molecule has 0 unspecified atom stereocenters. The van der Waals surface area contributed by atoms with Gasteiger partial charge in [0.15, 0.2) is 0 Å². The van der Waals surface area contributed by atoms with Gasteiger partial charge < -0.3 is 20.7 Å². The molecule has 1 aliphatic heterocycles. The van der Waals surface area contributed by atoms with Gasteiger partial charge in [-0.15, -0.1) is 0 Å². The molecule has 7 nitrogen and oxygen atoms in total. The molecule has 158 valence electrons. The number of pyridine rings is 1. The van der Waals surface area contributed by atoms with Crippen LogP contribution in [0.4, 0.5) is 11.4 Å². The highest BCUT2D eigenvalue weighted by atomic mass is 16.5. The minimum atomic E-state index is -0.529. The fourth-order valence-electron chi connectivity index (χ4n) is 3.57. The third-order valence-corrected chi connectivity index (χ3v) is 5.22. The number of benzene rings is 2. The van der Waals surface area contributed by atoms with Crippen molar-refractivity contribution >= 4 is 23.2 Å². The van der Waals surface area contributed by atoms with Crippen molar-refractivity contribution in [3.63, 3.8) is 0 Å². The molecule has 2 amide bonds. The Hall–Kier alpha value is -3.87. The molecule has 3 N–H and O–H groups in total. The Morgan fingerprint density at radius 2 is 1.77 bits per heavy atom. The Morgan fingerprint density at radius 1 is 1.03 bits per heavy atom. The zero-order chi connectivity index (χ0) is 21.6. The zero-order valence-corrected chi connectivity index (χ0v) is 17.1. The molecule has 1 aromatic heterocycles. The molecule has 31 heavy (non-hydrogen) atoms. The Bertz CT molecular complexity index is 1060. The maximum Gasteiger partial charge on any atom is 0.255 e. The first-order chi connectivity index (χ1) is 15.1. The molecule has 1 aliphatic rings. The summed E-state index contributed by atoms with van der Waals surface area (Å²) in [6, 6.07) is 15.9. The summed E-state index contributed by atoms with van der Waals surface area (Å²) in [5.41, 5.74) is 8.73. The van der Waals surface area contributed by atoms with Crippen LogP contribution >= 0.6 is 0 Å². The Balaban J connectivity index is 1.47. The van der Waals surface area contributed by atoms with Gasteiger partial charge in [-0.05, 0) is 61.4 Å². The van der Waals surface area contributed by atoms with E-state index in [9.17, 15) is 9.59 Å². The Kier molecular flexibility index (Phi) is 6.12. The summed E-state index contributed by atoms with van der Waals surface area (Å²) in [5.74, 6) is -0.131. The van der Waals surface area contributed by atoms with Crippen molar-refractivity contribution in [3.05, 3.63) is 83.7 Å². The molecular formula is C24H24N4O3. The quantitative estimate of drug-likeness (QED) is 0.613. The number of hydrogen-bond acceptors (Lipinski definition) is 5. The van der Waals surface area contributed by atoms with Crippen LogP contribution in [0.25, 0.3) is 0 Å². The van der Waals surface area contributed by atoms with Gasteiger partial charge in [0, 0.05) is 42.2 Å². The summed E-state index contributed by atoms with van der Waals surface area (Å²) in [7, 11) is 0. The zero-order valence-electron chi connectivity index (χ0n) is 17.1. The number of nitrogens with one attached hydrogen (secondary N) is 1. The van der Waals surface area contributed by atoms with Crippen molar-refractivity contribution in [2.45, 2.75) is 19.4 Å². The lowest BCUT2D eigenvalue weighted by molar-refractivity contribution is 0.0996. The van der Waals surface area contributed by atoms with Crippen LogP contribution < -0.4 is 20.7 Å². The number of anilines is 2. The van der Waals surface area contributed by atoms with Crippen molar-refractivity contribution in [1.82, 2.24) is 4.98 Å². The van der Waals surface area contributed by atoms with E-state index in [1.807, 2.05) is 18.2 Å². The number of primary amides is 1. The van der Waals surface area contributed by atoms with Crippen molar-refractivity contribution < 1.29 is 14.3 Å². The number of ether oxygens (including phenoxy) is 1. The number of rotatable bonds is 7. The maximum absolute atomic E-state index is 12.9. The highest BCUT2D eigenvalue weighted by Gasteiger charge is 2.19. The van der Waals surface area contributed by atoms with E-state index in [2.05, 4.69) is 15.2 Å². The summed E-state index contributed by atoms with van der Waals surface area (Å²) in [6.07, 6.45) is 5.67. The third-order valence-electron chi connectivity index (χ3n) is 5.22. The Morgan fingerprint density at radius 3 is 2.45 bits per heavy atom. The predicted octanol–water partition coefficient (Wildman–Crippen LogP) is 3.61. The monoisotopic (exact) mass is 416 g/mol. The van der Waals surface area contributed by atoms with Crippen LogP contribution in [0.2, 0.25) is 0 Å². The van der Waals surface area contributed by atoms with Gasteiger partial charge in [0.1, 0.15) is 12.4 Å². The van der Waals surface area contributed by atoms with Gasteiger partial charge in [-0.3, -0.25) is 14.6 Å². The van der Waals surface area contributed by atoms with Crippen molar-refractivity contribution in [1.29, 1.82) is 0 Å². The number of carbonyl (C=O) groups is 2. The number of nitrogens with zero attached hydrogens (tertiary/aromatic N) is 2. The van der Waals surface area contributed by atoms with E-state index in [0.717, 1.165) is 37.2 Å². The molecular weight excluding hydrogens is 392 g/mol. The second kappa shape index (κ2) is 9.30. The number of nitrogens with two attached hydrogens (primary N) is 1. The van der Waals surface area contributed by atoms with Crippen LogP contribution in [-0.4, -0.2) is 29.9 Å². The van der Waals surface area contributed by atoms with Gasteiger partial charge in [-0.2, -0.15) is 0 Å². The van der Waals surface area contributed by atoms with Gasteiger partial charge in [0.2, 0.25) is 5.91 Å². The summed E-state index contributed by atoms with van der Waals surface area (Å²) < 4.78 is 5.74. The first-order valence-electron chi connectivity index (χ1n) is 10.2. The van der Waals surface area contributed by atoms with E-state index >= 15 is 0 Å². The number of amides is 2. The average molecular weight is 416 g/mol. The fraction of sp³-hybridized carbons (Fsp3) is 0.208. The summed E-state index contributed by atoms with van der Waals surface area (Å²) in [5, 5.41) is 2.94. The van der Waals surface area contributed by atoms with E-state index in [4.69, 9.17) is 10.5 Å². The smallest absolute Gasteiger partial charge is 0.255 e. The number of hydrogen-bond donors (Lipinski definition) is 2. The van der Waals surface area contributed by atoms with Crippen molar-refractivity contribution in [2.75, 3.05) is 23.3 Å². The maximum atomic E-state index is 12.9. The first kappa shape index (κ1) is 20.4. The molecule has 2 heterocycles. The highest BCUT2D eigenvalue weighted by molar-refractivity contribution is 6.07. The molecule has 3 aromatic rings. The van der Waals surface area contributed by atoms with Gasteiger partial charge in [-0.1, -0.05) is 6.07 Å². The topological polar surface area (TPSA) is 97.6 Å². The van der Waals surface area contributed by atoms with Crippen LogP contribution in [0, 0.1) is 0 Å². The predicted molar refractivity (Wildman–Crippen MR) is 119 cm³/mol. The second-order valence-electron chi connectivity index (χ2n) is 7.42. The molecule has 0 radical (unpaired) electrons. The van der Waals surface area contributed by atoms with Crippen molar-refractivity contribution in [2.24, 2.45) is 5.73 Å². The fourth-order valence-corrected chi connectivity index (χ4v) is 3.57. The van der Waals surface area contributed by atoms with E-state index in [1.54, 1.807) is 48.8 Å². The normalized spacial score (nSPS) is 13.1. The standard InChI is InChI=1S/C24H24N4O3/c25-23(29)19-7-10-22(28-12-1-2-13-28)21(14-19)27-24(30)18-5-8-20(9-6-18)31-16-17-4-3-11-26-15-17/h3-11,14-15H,1-2,12-13,16H2,(H2,25,29)(H,27,30). The lowest BCUT2D eigenvalue weighted by atomic mass is 10.1. The lowest BCUT2D eigenvalue weighted by Gasteiger charge is -2.22. The first-order valence-corrected chi connectivity index (χ1v) is 10.2. The molecule has 7 heteroatoms. The van der Waals surface area contributed by atoms with Crippen LogP contribution in [0.3, 0.4) is 0 Å². The summed E-state index contributed by atoms with van der Waals surface area (Å²) in [6.45, 7) is 2.24. The lowest BCUT2D eigenvalue weighted by Crippen LogP contribution is -2.22. The van der Waals surface area contributed by atoms with Gasteiger partial charge in [0.25, 0.3) is 5.91 Å². The number of aromatic nitrogens is 1. The molecule has 0 aliphatic carbocycles. The van der Waals surface area contributed by atoms with E-state index in [-0.39, 0.29) is 5.91 Å². The van der Waals surface area contributed by atoms with Crippen molar-refractivity contribution in [3.8, 4) is 5.75 Å². The SMILES string of the molecule is NC(=O)c1ccc(N2CCCC2)c(NC(=O)c2ccc(OCc3cccnc3)cc2)c1. The van der Waals surface area contributed by atoms with Crippen LogP contribution in [0.1, 0.15) is 39.1 Å². The second-order valence-corrected chi connectivity index (χ2v) is 7.42. The largest absolute Gasteiger partial charge is 0.489 e. The minimum absolute atomic E-state index is 0.263. The molecule has 4 rings (SSSR count). The summed E-state index contributed by atoms with van der Waals surface area (Å²) >= 11 is 0. The van der Waals surface area contributed by atoms with E-state index < -0.39 is 5.91 Å². The molecule has 0 spiro atoms. The van der Waals surface area contributed by atoms with E-state index in [1.165, 1.54) is 0 Å². The molecule has 2 aromatic carbocycles. The highest BCUT2D eigenvalue weighted by Crippen LogP contribution is 2.30. The van der Waals surface area contributed by atoms with Gasteiger partial charge in [-0.25, -0.2) is 0 Å². The molecule has 0 atom stereocenters. The van der Waals surface area contributed by atoms with E-state index in [0.29, 0.717) is 29.2 Å². The summed E-state index contributed by atoms with van der Waals surface area (Å²) in [4.78, 5) is 30.7. The van der Waals surface area contributed by atoms with Crippen LogP contribution in [0.15, 0.2) is 67.0 Å². The third kappa shape index (κ3) is 5.01. The molecule has 1 fully saturated rings. The van der Waals surface area contributed by atoms with Gasteiger partial charge >= 0.3 is 0 Å². The number of carbonyl (C=O) groups excluding carboxylic acids is 2. The Labute approximate surface area is 180 Å². The van der Waals surface area contributed by atoms with Crippen LogP contribution in [-0.2, 0) is 6.61 Å². The molecule has 0 bridgehead atoms. The minimum Gasteiger partial charge on any atom is -0.489 e.